The first kappa shape index (κ1) is 22.7. The third kappa shape index (κ3) is 6.41. The van der Waals surface area contributed by atoms with Crippen LogP contribution in [0.5, 0.6) is 0 Å². The van der Waals surface area contributed by atoms with Gasteiger partial charge in [0.15, 0.2) is 0 Å². The molecule has 1 saturated carbocycles. The van der Waals surface area contributed by atoms with Crippen molar-refractivity contribution in [2.45, 2.75) is 70.9 Å². The minimum Gasteiger partial charge on any atom is -0.467 e. The van der Waals surface area contributed by atoms with Gasteiger partial charge in [-0.1, -0.05) is 53.2 Å². The van der Waals surface area contributed by atoms with Crippen LogP contribution in [0.15, 0.2) is 25.2 Å². The highest BCUT2D eigenvalue weighted by Crippen LogP contribution is 2.30. The van der Waals surface area contributed by atoms with Gasteiger partial charge in [0.1, 0.15) is 24.2 Å². The molecule has 152 valence electrons. The Kier molecular flexibility index (Phi) is 8.53. The molecule has 0 aromatic rings. The third-order valence-corrected chi connectivity index (χ3v) is 5.24. The summed E-state index contributed by atoms with van der Waals surface area (Å²) < 4.78 is 10.3. The number of carbonyl (C=O) groups excluding carboxylic acids is 3. The maximum absolute atomic E-state index is 12.7. The molecule has 1 unspecified atom stereocenters. The van der Waals surface area contributed by atoms with Gasteiger partial charge in [-0.15, -0.1) is 0 Å². The highest BCUT2D eigenvalue weighted by atomic mass is 16.6. The van der Waals surface area contributed by atoms with Crippen LogP contribution < -0.4 is 10.6 Å². The van der Waals surface area contributed by atoms with Crippen molar-refractivity contribution in [3.63, 3.8) is 0 Å². The minimum atomic E-state index is -1.11. The Morgan fingerprint density at radius 1 is 1.26 bits per heavy atom. The predicted molar refractivity (Wildman–Crippen MR) is 103 cm³/mol. The summed E-state index contributed by atoms with van der Waals surface area (Å²) in [5.41, 5.74) is -1.50. The molecule has 7 heteroatoms. The first-order valence-electron chi connectivity index (χ1n) is 9.37. The van der Waals surface area contributed by atoms with Crippen LogP contribution in [0.2, 0.25) is 0 Å². The van der Waals surface area contributed by atoms with Crippen LogP contribution in [0, 0.1) is 5.41 Å². The molecule has 0 radical (unpaired) electrons. The van der Waals surface area contributed by atoms with Crippen LogP contribution in [0.1, 0.15) is 59.3 Å². The molecule has 0 aromatic heterocycles. The highest BCUT2D eigenvalue weighted by Gasteiger charge is 2.43. The third-order valence-electron chi connectivity index (χ3n) is 5.24. The lowest BCUT2D eigenvalue weighted by Crippen LogP contribution is -2.61. The van der Waals surface area contributed by atoms with Gasteiger partial charge in [0.25, 0.3) is 0 Å². The van der Waals surface area contributed by atoms with Crippen LogP contribution in [0.4, 0.5) is 4.79 Å². The molecule has 1 aliphatic carbocycles. The van der Waals surface area contributed by atoms with E-state index >= 15 is 0 Å². The van der Waals surface area contributed by atoms with Crippen molar-refractivity contribution in [1.29, 1.82) is 0 Å². The normalized spacial score (nSPS) is 17.1. The van der Waals surface area contributed by atoms with E-state index in [2.05, 4.69) is 23.8 Å². The number of nitrogens with one attached hydrogen (secondary N) is 2. The van der Waals surface area contributed by atoms with E-state index in [4.69, 9.17) is 9.47 Å². The summed E-state index contributed by atoms with van der Waals surface area (Å²) in [5.74, 6) is -0.275. The van der Waals surface area contributed by atoms with Crippen LogP contribution in [0.25, 0.3) is 0 Å². The average molecular weight is 380 g/mol. The maximum atomic E-state index is 12.7. The second-order valence-electron chi connectivity index (χ2n) is 7.60. The lowest BCUT2D eigenvalue weighted by atomic mass is 9.81. The second-order valence-corrected chi connectivity index (χ2v) is 7.60. The summed E-state index contributed by atoms with van der Waals surface area (Å²) in [6.45, 7) is 12.7. The molecule has 7 nitrogen and oxygen atoms in total. The van der Waals surface area contributed by atoms with Gasteiger partial charge < -0.3 is 24.9 Å². The van der Waals surface area contributed by atoms with Gasteiger partial charge in [0.05, 0.1) is 12.3 Å². The number of urea groups is 1. The number of esters is 1. The van der Waals surface area contributed by atoms with Crippen LogP contribution in [-0.4, -0.2) is 36.5 Å². The van der Waals surface area contributed by atoms with E-state index in [1.165, 1.54) is 6.26 Å². The van der Waals surface area contributed by atoms with Crippen molar-refractivity contribution in [3.05, 3.63) is 25.2 Å². The monoisotopic (exact) mass is 380 g/mol. The van der Waals surface area contributed by atoms with Crippen molar-refractivity contribution in [2.75, 3.05) is 6.61 Å². The Hall–Kier alpha value is -2.31. The number of amides is 2. The first-order chi connectivity index (χ1) is 12.7. The zero-order valence-electron chi connectivity index (χ0n) is 16.6. The number of rotatable bonds is 10. The van der Waals surface area contributed by atoms with Crippen molar-refractivity contribution in [3.8, 4) is 0 Å². The summed E-state index contributed by atoms with van der Waals surface area (Å²) in [6.07, 6.45) is 6.21. The molecule has 1 aliphatic rings. The lowest BCUT2D eigenvalue weighted by molar-refractivity contribution is -0.152. The fourth-order valence-corrected chi connectivity index (χ4v) is 3.00. The van der Waals surface area contributed by atoms with Gasteiger partial charge >= 0.3 is 12.0 Å². The Morgan fingerprint density at radius 3 is 2.41 bits per heavy atom. The standard InChI is InChI=1S/C20H32N2O5/c1-6-19(4,5)16(13-23)21-18(25)22-20(11-9-8-10-12-20)17(24)27-14-15(3)26-7-2/h7,13,16H,2-3,6,8-12,14H2,1,4-5H3,(H2,21,22,25). The van der Waals surface area contributed by atoms with Gasteiger partial charge in [0, 0.05) is 0 Å². The van der Waals surface area contributed by atoms with E-state index in [9.17, 15) is 14.4 Å². The van der Waals surface area contributed by atoms with Crippen molar-refractivity contribution in [2.24, 2.45) is 5.41 Å². The number of ether oxygens (including phenoxy) is 2. The summed E-state index contributed by atoms with van der Waals surface area (Å²) in [6, 6.07) is -1.20. The zero-order valence-corrected chi connectivity index (χ0v) is 16.6. The predicted octanol–water partition coefficient (Wildman–Crippen LogP) is 3.21. The SMILES string of the molecule is C=COC(=C)COC(=O)C1(NC(=O)NC(C=O)C(C)(C)CC)CCCCC1. The number of carbonyl (C=O) groups is 3. The molecule has 2 N–H and O–H groups in total. The number of hydrogen-bond donors (Lipinski definition) is 2. The molecular formula is C20H32N2O5. The molecule has 0 heterocycles. The van der Waals surface area contributed by atoms with E-state index < -0.39 is 23.6 Å². The first-order valence-corrected chi connectivity index (χ1v) is 9.37. The molecule has 0 saturated heterocycles. The molecular weight excluding hydrogens is 348 g/mol. The summed E-state index contributed by atoms with van der Waals surface area (Å²) in [4.78, 5) is 36.7. The van der Waals surface area contributed by atoms with Gasteiger partial charge in [-0.05, 0) is 24.7 Å². The maximum Gasteiger partial charge on any atom is 0.332 e. The van der Waals surface area contributed by atoms with Crippen LogP contribution >= 0.6 is 0 Å². The fraction of sp³-hybridized carbons (Fsp3) is 0.650. The fourth-order valence-electron chi connectivity index (χ4n) is 3.00. The van der Waals surface area contributed by atoms with E-state index in [1.54, 1.807) is 0 Å². The Balaban J connectivity index is 2.82. The molecule has 2 amide bonds. The molecule has 1 fully saturated rings. The van der Waals surface area contributed by atoms with Gasteiger partial charge in [0.2, 0.25) is 0 Å². The van der Waals surface area contributed by atoms with Gasteiger partial charge in [-0.2, -0.15) is 0 Å². The molecule has 27 heavy (non-hydrogen) atoms. The lowest BCUT2D eigenvalue weighted by Gasteiger charge is -2.37. The largest absolute Gasteiger partial charge is 0.467 e. The van der Waals surface area contributed by atoms with Gasteiger partial charge in [-0.3, -0.25) is 0 Å². The van der Waals surface area contributed by atoms with Gasteiger partial charge in [-0.25, -0.2) is 9.59 Å². The average Bonchev–Trinajstić information content (AvgIpc) is 2.64. The second kappa shape index (κ2) is 10.1. The topological polar surface area (TPSA) is 93.7 Å². The number of hydrogen-bond acceptors (Lipinski definition) is 5. The molecule has 0 spiro atoms. The Bertz CT molecular complexity index is 565. The highest BCUT2D eigenvalue weighted by molar-refractivity contribution is 5.88. The van der Waals surface area contributed by atoms with Crippen molar-refractivity contribution >= 4 is 18.3 Å². The summed E-state index contributed by atoms with van der Waals surface area (Å²) >= 11 is 0. The number of aldehydes is 1. The summed E-state index contributed by atoms with van der Waals surface area (Å²) in [7, 11) is 0. The van der Waals surface area contributed by atoms with E-state index in [-0.39, 0.29) is 17.8 Å². The minimum absolute atomic E-state index is 0.115. The summed E-state index contributed by atoms with van der Waals surface area (Å²) in [5, 5.41) is 5.46. The van der Waals surface area contributed by atoms with Crippen molar-refractivity contribution < 1.29 is 23.9 Å². The molecule has 1 atom stereocenters. The van der Waals surface area contributed by atoms with E-state index in [0.29, 0.717) is 12.8 Å². The van der Waals surface area contributed by atoms with E-state index in [1.807, 2.05) is 20.8 Å². The van der Waals surface area contributed by atoms with Crippen LogP contribution in [0.3, 0.4) is 0 Å². The Morgan fingerprint density at radius 2 is 1.89 bits per heavy atom. The molecule has 1 rings (SSSR count). The van der Waals surface area contributed by atoms with E-state index in [0.717, 1.165) is 32.0 Å². The molecule has 0 bridgehead atoms. The van der Waals surface area contributed by atoms with Crippen LogP contribution in [-0.2, 0) is 19.1 Å². The Labute approximate surface area is 161 Å². The molecule has 0 aromatic carbocycles. The molecule has 0 aliphatic heterocycles. The smallest absolute Gasteiger partial charge is 0.332 e. The quantitative estimate of drug-likeness (QED) is 0.345. The zero-order chi connectivity index (χ0) is 20.5. The van der Waals surface area contributed by atoms with Crippen molar-refractivity contribution in [1.82, 2.24) is 10.6 Å².